The number of nitrogens with one attached hydrogen (secondary N) is 1. The third-order valence-electron chi connectivity index (χ3n) is 5.12. The van der Waals surface area contributed by atoms with Crippen LogP contribution in [-0.2, 0) is 4.79 Å². The molecule has 0 aromatic heterocycles. The lowest BCUT2D eigenvalue weighted by atomic mass is 9.84. The molecule has 1 aromatic rings. The predicted octanol–water partition coefficient (Wildman–Crippen LogP) is 3.25. The number of nitrogens with two attached hydrogens (primary N) is 1. The van der Waals surface area contributed by atoms with E-state index in [1.54, 1.807) is 19.1 Å². The van der Waals surface area contributed by atoms with Gasteiger partial charge in [-0.15, -0.1) is 0 Å². The molecule has 0 saturated heterocycles. The molecule has 2 aliphatic rings. The van der Waals surface area contributed by atoms with Crippen LogP contribution in [0.15, 0.2) is 18.2 Å². The Morgan fingerprint density at radius 3 is 2.62 bits per heavy atom. The highest BCUT2D eigenvalue weighted by Gasteiger charge is 2.49. The van der Waals surface area contributed by atoms with Gasteiger partial charge >= 0.3 is 6.18 Å². The first-order valence-electron chi connectivity index (χ1n) is 8.11. The first kappa shape index (κ1) is 17.1. The number of alkyl halides is 3. The first-order chi connectivity index (χ1) is 11.2. The van der Waals surface area contributed by atoms with Crippen molar-refractivity contribution >= 4 is 11.6 Å². The topological polar surface area (TPSA) is 64.4 Å². The van der Waals surface area contributed by atoms with Crippen molar-refractivity contribution in [1.29, 1.82) is 0 Å². The fourth-order valence-electron chi connectivity index (χ4n) is 4.00. The smallest absolute Gasteiger partial charge is 0.422 e. The fraction of sp³-hybridized carbons (Fsp3) is 0.588. The number of carbonyl (C=O) groups excluding carboxylic acids is 1. The van der Waals surface area contributed by atoms with Crippen LogP contribution in [0.5, 0.6) is 5.75 Å². The molecule has 2 aliphatic carbocycles. The molecule has 1 amide bonds. The van der Waals surface area contributed by atoms with Gasteiger partial charge in [0.2, 0.25) is 5.91 Å². The fourth-order valence-corrected chi connectivity index (χ4v) is 4.00. The van der Waals surface area contributed by atoms with Crippen LogP contribution < -0.4 is 15.8 Å². The molecular formula is C17H21F3N2O2. The number of hydrogen-bond acceptors (Lipinski definition) is 3. The number of hydrogen-bond donors (Lipinski definition) is 2. The Hall–Kier alpha value is -1.76. The lowest BCUT2D eigenvalue weighted by Gasteiger charge is -2.27. The van der Waals surface area contributed by atoms with Crippen molar-refractivity contribution < 1.29 is 22.7 Å². The lowest BCUT2D eigenvalue weighted by Crippen LogP contribution is -2.42. The number of ether oxygens (including phenoxy) is 1. The van der Waals surface area contributed by atoms with Gasteiger partial charge in [0.1, 0.15) is 5.75 Å². The van der Waals surface area contributed by atoms with Crippen LogP contribution in [0.3, 0.4) is 0 Å². The molecule has 4 nitrogen and oxygen atoms in total. The molecule has 1 aromatic carbocycles. The minimum absolute atomic E-state index is 0.0979. The minimum atomic E-state index is -4.38. The highest BCUT2D eigenvalue weighted by molar-refractivity contribution is 5.93. The third kappa shape index (κ3) is 3.50. The van der Waals surface area contributed by atoms with Gasteiger partial charge in [0.25, 0.3) is 0 Å². The van der Waals surface area contributed by atoms with Crippen molar-refractivity contribution in [2.45, 2.75) is 38.4 Å². The average Bonchev–Trinajstić information content (AvgIpc) is 3.06. The molecule has 24 heavy (non-hydrogen) atoms. The van der Waals surface area contributed by atoms with E-state index < -0.39 is 12.8 Å². The van der Waals surface area contributed by atoms with Gasteiger partial charge in [0.05, 0.1) is 5.92 Å². The van der Waals surface area contributed by atoms with Gasteiger partial charge in [0, 0.05) is 11.7 Å². The quantitative estimate of drug-likeness (QED) is 0.883. The van der Waals surface area contributed by atoms with Crippen molar-refractivity contribution in [1.82, 2.24) is 0 Å². The van der Waals surface area contributed by atoms with Gasteiger partial charge in [-0.3, -0.25) is 4.79 Å². The van der Waals surface area contributed by atoms with E-state index in [0.29, 0.717) is 23.1 Å². The zero-order valence-electron chi connectivity index (χ0n) is 13.4. The molecule has 4 unspecified atom stereocenters. The van der Waals surface area contributed by atoms with Gasteiger partial charge in [-0.25, -0.2) is 0 Å². The normalized spacial score (nSPS) is 28.9. The molecule has 3 N–H and O–H groups in total. The maximum atomic E-state index is 12.5. The second-order valence-corrected chi connectivity index (χ2v) is 6.81. The van der Waals surface area contributed by atoms with Crippen LogP contribution in [0.25, 0.3) is 0 Å². The van der Waals surface area contributed by atoms with Crippen LogP contribution in [-0.4, -0.2) is 24.7 Å². The van der Waals surface area contributed by atoms with Gasteiger partial charge in [-0.2, -0.15) is 13.2 Å². The Morgan fingerprint density at radius 2 is 2.04 bits per heavy atom. The largest absolute Gasteiger partial charge is 0.484 e. The number of anilines is 1. The summed E-state index contributed by atoms with van der Waals surface area (Å²) in [6.07, 6.45) is -1.22. The van der Waals surface area contributed by atoms with E-state index in [9.17, 15) is 18.0 Å². The van der Waals surface area contributed by atoms with E-state index in [1.165, 1.54) is 6.07 Å². The molecule has 2 saturated carbocycles. The number of amides is 1. The summed E-state index contributed by atoms with van der Waals surface area (Å²) in [5, 5.41) is 2.84. The zero-order valence-corrected chi connectivity index (χ0v) is 13.4. The summed E-state index contributed by atoms with van der Waals surface area (Å²) in [5.74, 6) is 0.663. The number of rotatable bonds is 4. The van der Waals surface area contributed by atoms with E-state index in [0.717, 1.165) is 19.3 Å². The van der Waals surface area contributed by atoms with Crippen LogP contribution in [0.1, 0.15) is 24.8 Å². The Kier molecular flexibility index (Phi) is 4.46. The second-order valence-electron chi connectivity index (χ2n) is 6.81. The monoisotopic (exact) mass is 342 g/mol. The highest BCUT2D eigenvalue weighted by atomic mass is 19.4. The number of aryl methyl sites for hydroxylation is 1. The van der Waals surface area contributed by atoms with Gasteiger partial charge in [0.15, 0.2) is 6.61 Å². The average molecular weight is 342 g/mol. The van der Waals surface area contributed by atoms with Crippen LogP contribution in [0.2, 0.25) is 0 Å². The predicted molar refractivity (Wildman–Crippen MR) is 83.7 cm³/mol. The van der Waals surface area contributed by atoms with E-state index in [-0.39, 0.29) is 23.6 Å². The van der Waals surface area contributed by atoms with Crippen molar-refractivity contribution in [3.63, 3.8) is 0 Å². The molecule has 132 valence electrons. The van der Waals surface area contributed by atoms with Gasteiger partial charge in [-0.1, -0.05) is 0 Å². The highest BCUT2D eigenvalue weighted by Crippen LogP contribution is 2.47. The van der Waals surface area contributed by atoms with Crippen molar-refractivity contribution in [3.8, 4) is 5.75 Å². The number of benzene rings is 1. The Bertz CT molecular complexity index is 631. The molecule has 0 heterocycles. The molecule has 2 fully saturated rings. The van der Waals surface area contributed by atoms with Crippen molar-refractivity contribution in [2.75, 3.05) is 11.9 Å². The van der Waals surface area contributed by atoms with Crippen LogP contribution in [0.4, 0.5) is 18.9 Å². The number of carbonyl (C=O) groups is 1. The summed E-state index contributed by atoms with van der Waals surface area (Å²) in [5.41, 5.74) is 7.25. The SMILES string of the molecule is Cc1cc(NC(=O)C2C3CCC(C3)C2N)ccc1OCC(F)(F)F. The van der Waals surface area contributed by atoms with Crippen LogP contribution in [0, 0.1) is 24.7 Å². The molecular weight excluding hydrogens is 321 g/mol. The summed E-state index contributed by atoms with van der Waals surface area (Å²) >= 11 is 0. The summed E-state index contributed by atoms with van der Waals surface area (Å²) in [7, 11) is 0. The van der Waals surface area contributed by atoms with E-state index in [2.05, 4.69) is 5.32 Å². The maximum absolute atomic E-state index is 12.5. The molecule has 0 radical (unpaired) electrons. The molecule has 4 atom stereocenters. The molecule has 0 aliphatic heterocycles. The second kappa shape index (κ2) is 6.27. The van der Waals surface area contributed by atoms with E-state index >= 15 is 0 Å². The first-order valence-corrected chi connectivity index (χ1v) is 8.11. The maximum Gasteiger partial charge on any atom is 0.422 e. The number of halogens is 3. The zero-order chi connectivity index (χ0) is 17.5. The molecule has 7 heteroatoms. The Labute approximate surface area is 138 Å². The van der Waals surface area contributed by atoms with Crippen molar-refractivity contribution in [2.24, 2.45) is 23.5 Å². The Balaban J connectivity index is 1.63. The Morgan fingerprint density at radius 1 is 1.33 bits per heavy atom. The van der Waals surface area contributed by atoms with Crippen LogP contribution >= 0.6 is 0 Å². The summed E-state index contributed by atoms with van der Waals surface area (Å²) in [6.45, 7) is 0.310. The minimum Gasteiger partial charge on any atom is -0.484 e. The van der Waals surface area contributed by atoms with Crippen molar-refractivity contribution in [3.05, 3.63) is 23.8 Å². The molecule has 0 spiro atoms. The lowest BCUT2D eigenvalue weighted by molar-refractivity contribution is -0.153. The van der Waals surface area contributed by atoms with Gasteiger partial charge < -0.3 is 15.8 Å². The number of fused-ring (bicyclic) bond motifs is 2. The summed E-state index contributed by atoms with van der Waals surface area (Å²) < 4.78 is 41.4. The molecule has 3 rings (SSSR count). The van der Waals surface area contributed by atoms with E-state index in [4.69, 9.17) is 10.5 Å². The standard InChI is InChI=1S/C17H21F3N2O2/c1-9-6-12(4-5-13(9)24-8-17(18,19)20)22-16(23)14-10-2-3-11(7-10)15(14)21/h4-6,10-11,14-15H,2-3,7-8,21H2,1H3,(H,22,23). The molecule has 2 bridgehead atoms. The van der Waals surface area contributed by atoms with E-state index in [1.807, 2.05) is 0 Å². The van der Waals surface area contributed by atoms with Gasteiger partial charge in [-0.05, 0) is 61.8 Å². The summed E-state index contributed by atoms with van der Waals surface area (Å²) in [4.78, 5) is 12.5. The third-order valence-corrected chi connectivity index (χ3v) is 5.12. The summed E-state index contributed by atoms with van der Waals surface area (Å²) in [6, 6.07) is 4.51.